The molecular weight excluding hydrogens is 499 g/mol. The van der Waals surface area contributed by atoms with Gasteiger partial charge in [-0.2, -0.15) is 13.2 Å². The summed E-state index contributed by atoms with van der Waals surface area (Å²) in [5.74, 6) is -0.773. The maximum Gasteiger partial charge on any atom is 0.416 e. The van der Waals surface area contributed by atoms with Crippen molar-refractivity contribution in [1.82, 2.24) is 15.1 Å². The third-order valence-corrected chi connectivity index (χ3v) is 6.81. The minimum absolute atomic E-state index is 0.0568. The Morgan fingerprint density at radius 1 is 1.05 bits per heavy atom. The molecule has 1 aliphatic rings. The molecule has 7 nitrogen and oxygen atoms in total. The highest BCUT2D eigenvalue weighted by Crippen LogP contribution is 2.34. The summed E-state index contributed by atoms with van der Waals surface area (Å²) < 4.78 is 40.9. The van der Waals surface area contributed by atoms with Crippen LogP contribution in [0.15, 0.2) is 54.6 Å². The molecule has 1 heterocycles. The first kappa shape index (κ1) is 29.4. The normalized spacial score (nSPS) is 20.1. The molecule has 1 saturated heterocycles. The van der Waals surface area contributed by atoms with Crippen LogP contribution in [0, 0.1) is 5.92 Å². The van der Waals surface area contributed by atoms with Gasteiger partial charge < -0.3 is 15.1 Å². The fourth-order valence-electron chi connectivity index (χ4n) is 5.12. The molecule has 2 amide bonds. The number of carboxylic acid groups (broad SMARTS) is 1. The van der Waals surface area contributed by atoms with Gasteiger partial charge in [0, 0.05) is 12.1 Å². The summed E-state index contributed by atoms with van der Waals surface area (Å²) in [6.45, 7) is 8.44. The second-order valence-corrected chi connectivity index (χ2v) is 11.0. The maximum atomic E-state index is 13.7. The van der Waals surface area contributed by atoms with Crippen molar-refractivity contribution in [3.63, 3.8) is 0 Å². The lowest BCUT2D eigenvalue weighted by molar-refractivity contribution is -0.140. The van der Waals surface area contributed by atoms with Crippen LogP contribution in [0.5, 0.6) is 0 Å². The topological polar surface area (TPSA) is 93.1 Å². The van der Waals surface area contributed by atoms with Crippen LogP contribution in [-0.4, -0.2) is 61.9 Å². The Labute approximate surface area is 221 Å². The Hall–Kier alpha value is -3.11. The molecular formula is C28H36F3N3O4. The van der Waals surface area contributed by atoms with E-state index in [1.807, 2.05) is 32.0 Å². The van der Waals surface area contributed by atoms with Crippen molar-refractivity contribution >= 4 is 12.0 Å². The first-order valence-electron chi connectivity index (χ1n) is 12.6. The molecule has 4 atom stereocenters. The molecule has 0 saturated carbocycles. The number of halogens is 3. The highest BCUT2D eigenvalue weighted by molar-refractivity contribution is 5.85. The first-order valence-corrected chi connectivity index (χ1v) is 12.6. The zero-order chi connectivity index (χ0) is 28.4. The van der Waals surface area contributed by atoms with Crippen LogP contribution in [0.2, 0.25) is 0 Å². The highest BCUT2D eigenvalue weighted by Gasteiger charge is 2.49. The molecule has 0 bridgehead atoms. The maximum absolute atomic E-state index is 13.7. The van der Waals surface area contributed by atoms with Gasteiger partial charge in [0.1, 0.15) is 6.04 Å². The minimum Gasteiger partial charge on any atom is -0.465 e. The smallest absolute Gasteiger partial charge is 0.416 e. The molecule has 38 heavy (non-hydrogen) atoms. The van der Waals surface area contributed by atoms with Gasteiger partial charge in [0.2, 0.25) is 5.91 Å². The molecule has 0 aliphatic carbocycles. The number of hydrogen-bond acceptors (Lipinski definition) is 4. The van der Waals surface area contributed by atoms with Crippen LogP contribution < -0.4 is 5.32 Å². The largest absolute Gasteiger partial charge is 0.465 e. The predicted molar refractivity (Wildman–Crippen MR) is 137 cm³/mol. The standard InChI is InChI=1S/C28H36F3N3O4/c1-17(2)24-32-22(25(36)33(24)16-19-13-9-10-14-20(19)28(29,30)31)23(35)21(15-18-11-7-6-8-12-18)34(26(37)38)27(3,4)5/h6-14,17,21-24,32,35H,15-16H2,1-5H3,(H,37,38)/t21-,22-,23-,24?/m0/s1. The zero-order valence-corrected chi connectivity index (χ0v) is 22.2. The van der Waals surface area contributed by atoms with Gasteiger partial charge >= 0.3 is 12.3 Å². The van der Waals surface area contributed by atoms with Crippen LogP contribution in [0.4, 0.5) is 18.0 Å². The van der Waals surface area contributed by atoms with Crippen LogP contribution >= 0.6 is 0 Å². The molecule has 10 heteroatoms. The van der Waals surface area contributed by atoms with Crippen molar-refractivity contribution in [2.24, 2.45) is 5.92 Å². The van der Waals surface area contributed by atoms with Gasteiger partial charge in [0.25, 0.3) is 0 Å². The molecule has 2 aromatic rings. The van der Waals surface area contributed by atoms with Crippen LogP contribution in [0.1, 0.15) is 51.3 Å². The van der Waals surface area contributed by atoms with E-state index in [0.29, 0.717) is 0 Å². The average Bonchev–Trinajstić information content (AvgIpc) is 3.13. The van der Waals surface area contributed by atoms with E-state index in [9.17, 15) is 33.0 Å². The summed E-state index contributed by atoms with van der Waals surface area (Å²) in [6.07, 6.45) is -7.83. The third kappa shape index (κ3) is 6.47. The molecule has 1 aliphatic heterocycles. The van der Waals surface area contributed by atoms with Crippen molar-refractivity contribution in [1.29, 1.82) is 0 Å². The van der Waals surface area contributed by atoms with Gasteiger partial charge in [-0.25, -0.2) is 4.79 Å². The number of amides is 2. The molecule has 0 spiro atoms. The molecule has 2 aromatic carbocycles. The lowest BCUT2D eigenvalue weighted by Gasteiger charge is -2.42. The van der Waals surface area contributed by atoms with Gasteiger partial charge in [0.05, 0.1) is 23.9 Å². The highest BCUT2D eigenvalue weighted by atomic mass is 19.4. The van der Waals surface area contributed by atoms with Gasteiger partial charge in [-0.05, 0) is 50.3 Å². The number of carbonyl (C=O) groups is 2. The molecule has 1 fully saturated rings. The summed E-state index contributed by atoms with van der Waals surface area (Å²) in [5, 5.41) is 24.8. The fraction of sp³-hybridized carbons (Fsp3) is 0.500. The molecule has 208 valence electrons. The van der Waals surface area contributed by atoms with Crippen molar-refractivity contribution < 1.29 is 33.0 Å². The third-order valence-electron chi connectivity index (χ3n) is 6.81. The number of alkyl halides is 3. The number of nitrogens with one attached hydrogen (secondary N) is 1. The van der Waals surface area contributed by atoms with Crippen molar-refractivity contribution in [3.8, 4) is 0 Å². The Morgan fingerprint density at radius 2 is 1.63 bits per heavy atom. The Bertz CT molecular complexity index is 1120. The molecule has 1 unspecified atom stereocenters. The number of benzene rings is 2. The van der Waals surface area contributed by atoms with Gasteiger partial charge in [-0.3, -0.25) is 15.0 Å². The Kier molecular flexibility index (Phi) is 8.78. The number of nitrogens with zero attached hydrogens (tertiary/aromatic N) is 2. The first-order chi connectivity index (χ1) is 17.6. The number of rotatable bonds is 8. The lowest BCUT2D eigenvalue weighted by Crippen LogP contribution is -2.61. The van der Waals surface area contributed by atoms with Crippen molar-refractivity contribution in [2.45, 2.75) is 83.7 Å². The number of aliphatic hydroxyl groups is 1. The SMILES string of the molecule is CC(C)C1N[C@@H]([C@@H](O)[C@H](Cc2ccccc2)N(C(=O)O)C(C)(C)C)C(=O)N1Cc1ccccc1C(F)(F)F. The lowest BCUT2D eigenvalue weighted by atomic mass is 9.91. The van der Waals surface area contributed by atoms with E-state index in [1.165, 1.54) is 23.1 Å². The van der Waals surface area contributed by atoms with Crippen LogP contribution in [0.3, 0.4) is 0 Å². The quantitative estimate of drug-likeness (QED) is 0.454. The number of aliphatic hydroxyl groups excluding tert-OH is 1. The van der Waals surface area contributed by atoms with Crippen molar-refractivity contribution in [3.05, 3.63) is 71.3 Å². The summed E-state index contributed by atoms with van der Waals surface area (Å²) >= 11 is 0. The van der Waals surface area contributed by atoms with Gasteiger partial charge in [-0.1, -0.05) is 62.4 Å². The Balaban J connectivity index is 1.99. The van der Waals surface area contributed by atoms with E-state index in [2.05, 4.69) is 5.32 Å². The second-order valence-electron chi connectivity index (χ2n) is 11.0. The molecule has 0 aromatic heterocycles. The fourth-order valence-corrected chi connectivity index (χ4v) is 5.12. The van der Waals surface area contributed by atoms with Gasteiger partial charge in [-0.15, -0.1) is 0 Å². The molecule has 3 N–H and O–H groups in total. The van der Waals surface area contributed by atoms with E-state index in [1.54, 1.807) is 32.9 Å². The summed E-state index contributed by atoms with van der Waals surface area (Å²) in [5.41, 5.74) is -1.02. The van der Waals surface area contributed by atoms with E-state index in [-0.39, 0.29) is 24.4 Å². The zero-order valence-electron chi connectivity index (χ0n) is 22.2. The average molecular weight is 536 g/mol. The molecule has 0 radical (unpaired) electrons. The molecule has 3 rings (SSSR count). The van der Waals surface area contributed by atoms with Crippen molar-refractivity contribution in [2.75, 3.05) is 0 Å². The Morgan fingerprint density at radius 3 is 2.16 bits per heavy atom. The second kappa shape index (κ2) is 11.3. The minimum atomic E-state index is -4.59. The van der Waals surface area contributed by atoms with E-state index in [4.69, 9.17) is 0 Å². The summed E-state index contributed by atoms with van der Waals surface area (Å²) in [6, 6.07) is 11.9. The van der Waals surface area contributed by atoms with E-state index in [0.717, 1.165) is 16.5 Å². The van der Waals surface area contributed by atoms with E-state index >= 15 is 0 Å². The van der Waals surface area contributed by atoms with Crippen LogP contribution in [0.25, 0.3) is 0 Å². The number of hydrogen-bond donors (Lipinski definition) is 3. The van der Waals surface area contributed by atoms with Gasteiger partial charge in [0.15, 0.2) is 0 Å². The summed E-state index contributed by atoms with van der Waals surface area (Å²) in [7, 11) is 0. The monoisotopic (exact) mass is 535 g/mol. The summed E-state index contributed by atoms with van der Waals surface area (Å²) in [4.78, 5) is 28.5. The predicted octanol–water partition coefficient (Wildman–Crippen LogP) is 4.74. The van der Waals surface area contributed by atoms with Crippen LogP contribution in [-0.2, 0) is 23.9 Å². The number of carbonyl (C=O) groups excluding carboxylic acids is 1. The van der Waals surface area contributed by atoms with E-state index < -0.39 is 53.6 Å².